The molecule has 0 N–H and O–H groups in total. The summed E-state index contributed by atoms with van der Waals surface area (Å²) in [5.74, 6) is 1.56. The first-order chi connectivity index (χ1) is 11.6. The fraction of sp³-hybridized carbons (Fsp3) is 0.316. The quantitative estimate of drug-likeness (QED) is 0.792. The van der Waals surface area contributed by atoms with Gasteiger partial charge in [0.2, 0.25) is 6.79 Å². The summed E-state index contributed by atoms with van der Waals surface area (Å²) in [5, 5.41) is 0. The van der Waals surface area contributed by atoms with Gasteiger partial charge < -0.3 is 9.47 Å². The van der Waals surface area contributed by atoms with E-state index in [1.165, 1.54) is 13.1 Å². The second kappa shape index (κ2) is 5.44. The summed E-state index contributed by atoms with van der Waals surface area (Å²) in [7, 11) is 0. The third-order valence-corrected chi connectivity index (χ3v) is 4.78. The first-order valence-corrected chi connectivity index (χ1v) is 7.98. The molecule has 1 saturated carbocycles. The van der Waals surface area contributed by atoms with Crippen LogP contribution in [0.1, 0.15) is 41.4 Å². The van der Waals surface area contributed by atoms with Crippen molar-refractivity contribution < 1.29 is 19.1 Å². The normalized spacial score (nSPS) is 16.7. The van der Waals surface area contributed by atoms with Gasteiger partial charge in [0.25, 0.3) is 0 Å². The second-order valence-electron chi connectivity index (χ2n) is 6.34. The van der Waals surface area contributed by atoms with Gasteiger partial charge in [-0.25, -0.2) is 0 Å². The third kappa shape index (κ3) is 2.46. The summed E-state index contributed by atoms with van der Waals surface area (Å²) in [6, 6.07) is 9.21. The minimum atomic E-state index is -0.429. The van der Waals surface area contributed by atoms with Crippen LogP contribution in [0.4, 0.5) is 0 Å². The summed E-state index contributed by atoms with van der Waals surface area (Å²) >= 11 is 0. The van der Waals surface area contributed by atoms with E-state index in [0.717, 1.165) is 24.2 Å². The number of nitrogens with zero attached hydrogens (tertiary/aromatic N) is 1. The van der Waals surface area contributed by atoms with Crippen LogP contribution in [0.2, 0.25) is 0 Å². The molecule has 0 saturated heterocycles. The second-order valence-corrected chi connectivity index (χ2v) is 6.34. The number of ketones is 2. The summed E-state index contributed by atoms with van der Waals surface area (Å²) in [5.41, 5.74) is 1.80. The molecule has 1 aliphatic heterocycles. The van der Waals surface area contributed by atoms with Crippen molar-refractivity contribution in [2.75, 3.05) is 6.79 Å². The smallest absolute Gasteiger partial charge is 0.231 e. The SMILES string of the molecule is CC(=O)c1ccc(CC(=O)C2(c3ccc4c(c3)OCO4)CC2)nc1. The van der Waals surface area contributed by atoms with Crippen LogP contribution in [0.15, 0.2) is 36.5 Å². The van der Waals surface area contributed by atoms with Crippen molar-refractivity contribution >= 4 is 11.6 Å². The Hall–Kier alpha value is -2.69. The lowest BCUT2D eigenvalue weighted by molar-refractivity contribution is -0.120. The zero-order valence-corrected chi connectivity index (χ0v) is 13.4. The van der Waals surface area contributed by atoms with Crippen LogP contribution in [0.3, 0.4) is 0 Å². The molecule has 4 rings (SSSR count). The van der Waals surface area contributed by atoms with Crippen LogP contribution >= 0.6 is 0 Å². The van der Waals surface area contributed by atoms with Crippen LogP contribution in [0.5, 0.6) is 11.5 Å². The van der Waals surface area contributed by atoms with Gasteiger partial charge in [-0.05, 0) is 49.6 Å². The van der Waals surface area contributed by atoms with E-state index in [0.29, 0.717) is 17.0 Å². The Morgan fingerprint density at radius 2 is 1.92 bits per heavy atom. The monoisotopic (exact) mass is 323 g/mol. The summed E-state index contributed by atoms with van der Waals surface area (Å²) in [6.45, 7) is 1.73. The highest BCUT2D eigenvalue weighted by molar-refractivity contribution is 5.95. The average Bonchev–Trinajstić information content (AvgIpc) is 3.27. The van der Waals surface area contributed by atoms with Crippen LogP contribution in [0.25, 0.3) is 0 Å². The Labute approximate surface area is 139 Å². The van der Waals surface area contributed by atoms with Gasteiger partial charge in [-0.15, -0.1) is 0 Å². The van der Waals surface area contributed by atoms with Gasteiger partial charge in [-0.2, -0.15) is 0 Å². The number of rotatable bonds is 5. The van der Waals surface area contributed by atoms with E-state index >= 15 is 0 Å². The maximum atomic E-state index is 12.8. The van der Waals surface area contributed by atoms with Crippen molar-refractivity contribution in [1.82, 2.24) is 4.98 Å². The maximum absolute atomic E-state index is 12.8. The lowest BCUT2D eigenvalue weighted by Gasteiger charge is -2.15. The summed E-state index contributed by atoms with van der Waals surface area (Å²) in [4.78, 5) is 28.4. The Kier molecular flexibility index (Phi) is 3.37. The number of pyridine rings is 1. The van der Waals surface area contributed by atoms with E-state index in [-0.39, 0.29) is 24.8 Å². The van der Waals surface area contributed by atoms with Crippen molar-refractivity contribution in [3.05, 3.63) is 53.3 Å². The van der Waals surface area contributed by atoms with Crippen molar-refractivity contribution in [1.29, 1.82) is 0 Å². The highest BCUT2D eigenvalue weighted by Gasteiger charge is 2.50. The van der Waals surface area contributed by atoms with E-state index in [2.05, 4.69) is 4.98 Å². The zero-order valence-electron chi connectivity index (χ0n) is 13.4. The van der Waals surface area contributed by atoms with E-state index in [1.54, 1.807) is 12.1 Å². The van der Waals surface area contributed by atoms with E-state index in [1.807, 2.05) is 18.2 Å². The number of Topliss-reactive ketones (excluding diaryl/α,β-unsaturated/α-hetero) is 2. The molecule has 0 spiro atoms. The van der Waals surface area contributed by atoms with Gasteiger partial charge in [0.1, 0.15) is 5.78 Å². The molecular formula is C19H17NO4. The Morgan fingerprint density at radius 3 is 2.58 bits per heavy atom. The van der Waals surface area contributed by atoms with Crippen LogP contribution in [-0.4, -0.2) is 23.3 Å². The molecule has 2 heterocycles. The molecule has 0 amide bonds. The lowest BCUT2D eigenvalue weighted by Crippen LogP contribution is -2.23. The topological polar surface area (TPSA) is 65.5 Å². The minimum Gasteiger partial charge on any atom is -0.454 e. The summed E-state index contributed by atoms with van der Waals surface area (Å²) < 4.78 is 10.7. The fourth-order valence-corrected chi connectivity index (χ4v) is 3.12. The number of carbonyl (C=O) groups is 2. The van der Waals surface area contributed by atoms with Gasteiger partial charge in [0.05, 0.1) is 5.41 Å². The maximum Gasteiger partial charge on any atom is 0.231 e. The number of ether oxygens (including phenoxy) is 2. The Balaban J connectivity index is 1.54. The van der Waals surface area contributed by atoms with E-state index in [9.17, 15) is 9.59 Å². The zero-order chi connectivity index (χ0) is 16.7. The van der Waals surface area contributed by atoms with E-state index in [4.69, 9.17) is 9.47 Å². The molecule has 122 valence electrons. The molecule has 1 aliphatic carbocycles. The molecule has 2 aromatic rings. The predicted octanol–water partition coefficient (Wildman–Crippen LogP) is 2.86. The van der Waals surface area contributed by atoms with Gasteiger partial charge in [-0.3, -0.25) is 14.6 Å². The molecule has 1 fully saturated rings. The minimum absolute atomic E-state index is 0.0283. The number of benzene rings is 1. The van der Waals surface area contributed by atoms with Crippen LogP contribution < -0.4 is 9.47 Å². The fourth-order valence-electron chi connectivity index (χ4n) is 3.12. The number of hydrogen-bond acceptors (Lipinski definition) is 5. The van der Waals surface area contributed by atoms with Gasteiger partial charge in [0.15, 0.2) is 17.3 Å². The number of carbonyl (C=O) groups excluding carboxylic acids is 2. The van der Waals surface area contributed by atoms with E-state index < -0.39 is 5.41 Å². The number of hydrogen-bond donors (Lipinski definition) is 0. The molecule has 1 aromatic carbocycles. The van der Waals surface area contributed by atoms with Gasteiger partial charge in [-0.1, -0.05) is 6.07 Å². The predicted molar refractivity (Wildman–Crippen MR) is 86.4 cm³/mol. The molecule has 0 unspecified atom stereocenters. The molecule has 24 heavy (non-hydrogen) atoms. The third-order valence-electron chi connectivity index (χ3n) is 4.78. The molecule has 0 bridgehead atoms. The van der Waals surface area contributed by atoms with Crippen LogP contribution in [-0.2, 0) is 16.6 Å². The highest BCUT2D eigenvalue weighted by atomic mass is 16.7. The molecular weight excluding hydrogens is 306 g/mol. The van der Waals surface area contributed by atoms with Crippen molar-refractivity contribution in [3.8, 4) is 11.5 Å². The number of fused-ring (bicyclic) bond motifs is 1. The largest absolute Gasteiger partial charge is 0.454 e. The summed E-state index contributed by atoms with van der Waals surface area (Å²) in [6.07, 6.45) is 3.49. The van der Waals surface area contributed by atoms with Crippen molar-refractivity contribution in [2.45, 2.75) is 31.6 Å². The molecule has 0 atom stereocenters. The first-order valence-electron chi connectivity index (χ1n) is 7.98. The Morgan fingerprint density at radius 1 is 1.12 bits per heavy atom. The standard InChI is InChI=1S/C19H17NO4/c1-12(21)13-2-4-15(20-10-13)9-18(22)19(6-7-19)14-3-5-16-17(8-14)24-11-23-16/h2-5,8,10H,6-7,9,11H2,1H3. The van der Waals surface area contributed by atoms with Gasteiger partial charge in [0, 0.05) is 23.9 Å². The number of aromatic nitrogens is 1. The molecule has 5 nitrogen and oxygen atoms in total. The highest BCUT2D eigenvalue weighted by Crippen LogP contribution is 2.51. The van der Waals surface area contributed by atoms with Gasteiger partial charge >= 0.3 is 0 Å². The lowest BCUT2D eigenvalue weighted by atomic mass is 9.88. The molecule has 0 radical (unpaired) electrons. The molecule has 5 heteroatoms. The van der Waals surface area contributed by atoms with Crippen LogP contribution in [0, 0.1) is 0 Å². The first kappa shape index (κ1) is 14.9. The van der Waals surface area contributed by atoms with Crippen molar-refractivity contribution in [3.63, 3.8) is 0 Å². The molecule has 2 aliphatic rings. The average molecular weight is 323 g/mol. The Bertz CT molecular complexity index is 822. The molecule has 1 aromatic heterocycles. The van der Waals surface area contributed by atoms with Crippen molar-refractivity contribution in [2.24, 2.45) is 0 Å².